The summed E-state index contributed by atoms with van der Waals surface area (Å²) in [5.41, 5.74) is 0. The molecule has 0 radical (unpaired) electrons. The largest absolute Gasteiger partial charge is 0.499 e. The summed E-state index contributed by atoms with van der Waals surface area (Å²) in [5.74, 6) is 0. The molecule has 0 heterocycles. The fraction of sp³-hybridized carbons (Fsp3) is 0.867. The van der Waals surface area contributed by atoms with Gasteiger partial charge >= 0.3 is 0 Å². The summed E-state index contributed by atoms with van der Waals surface area (Å²) in [6.45, 7) is 2.17. The minimum atomic E-state index is -0.766. The lowest BCUT2D eigenvalue weighted by Crippen LogP contribution is -2.17. The Morgan fingerprint density at radius 3 is 2.22 bits per heavy atom. The van der Waals surface area contributed by atoms with Crippen molar-refractivity contribution in [3.05, 3.63) is 12.3 Å². The Labute approximate surface area is 112 Å². The fourth-order valence-corrected chi connectivity index (χ4v) is 1.75. The van der Waals surface area contributed by atoms with E-state index in [0.29, 0.717) is 0 Å². The van der Waals surface area contributed by atoms with E-state index in [9.17, 15) is 0 Å². The number of ether oxygens (including phenoxy) is 1. The van der Waals surface area contributed by atoms with E-state index in [1.54, 1.807) is 6.26 Å². The molecule has 0 aliphatic heterocycles. The maximum absolute atomic E-state index is 9.01. The molecule has 0 aliphatic carbocycles. The van der Waals surface area contributed by atoms with E-state index in [2.05, 4.69) is 6.92 Å². The van der Waals surface area contributed by atoms with Crippen LogP contribution >= 0.6 is 0 Å². The number of aliphatic hydroxyl groups is 2. The van der Waals surface area contributed by atoms with E-state index < -0.39 is 6.10 Å². The van der Waals surface area contributed by atoms with Gasteiger partial charge in [0.15, 0.2) is 0 Å². The lowest BCUT2D eigenvalue weighted by atomic mass is 10.1. The smallest absolute Gasteiger partial charge is 0.115 e. The highest BCUT2D eigenvalue weighted by molar-refractivity contribution is 4.73. The fourth-order valence-electron chi connectivity index (χ4n) is 1.75. The van der Waals surface area contributed by atoms with Gasteiger partial charge in [-0.3, -0.25) is 0 Å². The van der Waals surface area contributed by atoms with Crippen molar-refractivity contribution in [3.63, 3.8) is 0 Å². The molecule has 0 amide bonds. The molecular formula is C15H30O3. The second kappa shape index (κ2) is 14.5. The van der Waals surface area contributed by atoms with Crippen molar-refractivity contribution in [3.8, 4) is 0 Å². The number of allylic oxidation sites excluding steroid dienone is 1. The highest BCUT2D eigenvalue weighted by atomic mass is 16.5. The van der Waals surface area contributed by atoms with Gasteiger partial charge in [0.1, 0.15) is 12.7 Å². The Morgan fingerprint density at radius 2 is 1.61 bits per heavy atom. The van der Waals surface area contributed by atoms with Crippen LogP contribution in [-0.2, 0) is 4.74 Å². The normalized spacial score (nSPS) is 13.1. The van der Waals surface area contributed by atoms with Crippen molar-refractivity contribution in [2.75, 3.05) is 13.2 Å². The number of rotatable bonds is 13. The minimum Gasteiger partial charge on any atom is -0.499 e. The van der Waals surface area contributed by atoms with Crippen LogP contribution in [0.25, 0.3) is 0 Å². The van der Waals surface area contributed by atoms with Gasteiger partial charge in [-0.1, -0.05) is 51.9 Å². The van der Waals surface area contributed by atoms with Crippen molar-refractivity contribution in [2.24, 2.45) is 0 Å². The van der Waals surface area contributed by atoms with Crippen LogP contribution in [0.1, 0.15) is 64.7 Å². The first-order valence-corrected chi connectivity index (χ1v) is 7.36. The van der Waals surface area contributed by atoms with Crippen molar-refractivity contribution in [1.29, 1.82) is 0 Å². The van der Waals surface area contributed by atoms with Crippen LogP contribution < -0.4 is 0 Å². The molecule has 0 aliphatic rings. The summed E-state index contributed by atoms with van der Waals surface area (Å²) in [6.07, 6.45) is 14.5. The quantitative estimate of drug-likeness (QED) is 0.393. The van der Waals surface area contributed by atoms with Crippen molar-refractivity contribution >= 4 is 0 Å². The first kappa shape index (κ1) is 17.5. The van der Waals surface area contributed by atoms with E-state index in [-0.39, 0.29) is 13.2 Å². The highest BCUT2D eigenvalue weighted by Crippen LogP contribution is 2.09. The van der Waals surface area contributed by atoms with Crippen LogP contribution in [0, 0.1) is 0 Å². The Hall–Kier alpha value is -0.540. The van der Waals surface area contributed by atoms with Gasteiger partial charge < -0.3 is 14.9 Å². The minimum absolute atomic E-state index is 0.171. The number of aliphatic hydroxyl groups excluding tert-OH is 2. The summed E-state index contributed by atoms with van der Waals surface area (Å²) in [5, 5.41) is 17.6. The molecule has 0 saturated heterocycles. The second-order valence-electron chi connectivity index (χ2n) is 4.81. The van der Waals surface area contributed by atoms with E-state index in [1.807, 2.05) is 6.08 Å². The van der Waals surface area contributed by atoms with Gasteiger partial charge in [0.05, 0.1) is 12.9 Å². The van der Waals surface area contributed by atoms with Crippen LogP contribution in [-0.4, -0.2) is 29.5 Å². The van der Waals surface area contributed by atoms with Gasteiger partial charge in [0.25, 0.3) is 0 Å². The molecule has 0 aromatic carbocycles. The molecule has 1 unspecified atom stereocenters. The number of unbranched alkanes of at least 4 members (excludes halogenated alkanes) is 8. The highest BCUT2D eigenvalue weighted by Gasteiger charge is 1.98. The van der Waals surface area contributed by atoms with Gasteiger partial charge in [-0.15, -0.1) is 0 Å². The van der Waals surface area contributed by atoms with Gasteiger partial charge in [0, 0.05) is 0 Å². The maximum Gasteiger partial charge on any atom is 0.115 e. The third-order valence-corrected chi connectivity index (χ3v) is 2.92. The van der Waals surface area contributed by atoms with Gasteiger partial charge in [-0.25, -0.2) is 0 Å². The van der Waals surface area contributed by atoms with Crippen LogP contribution in [0.15, 0.2) is 12.3 Å². The summed E-state index contributed by atoms with van der Waals surface area (Å²) in [6, 6.07) is 0. The number of hydrogen-bond acceptors (Lipinski definition) is 3. The molecular weight excluding hydrogens is 228 g/mol. The molecule has 0 rings (SSSR count). The van der Waals surface area contributed by atoms with Crippen molar-refractivity contribution in [2.45, 2.75) is 70.8 Å². The van der Waals surface area contributed by atoms with Crippen LogP contribution in [0.3, 0.4) is 0 Å². The lowest BCUT2D eigenvalue weighted by molar-refractivity contribution is 0.0383. The van der Waals surface area contributed by atoms with Gasteiger partial charge in [0.2, 0.25) is 0 Å². The van der Waals surface area contributed by atoms with Gasteiger partial charge in [-0.2, -0.15) is 0 Å². The predicted molar refractivity (Wildman–Crippen MR) is 75.4 cm³/mol. The first-order chi connectivity index (χ1) is 8.81. The molecule has 2 N–H and O–H groups in total. The molecule has 108 valence electrons. The average molecular weight is 258 g/mol. The summed E-state index contributed by atoms with van der Waals surface area (Å²) >= 11 is 0. The molecule has 0 spiro atoms. The lowest BCUT2D eigenvalue weighted by Gasteiger charge is -2.05. The molecule has 3 heteroatoms. The standard InChI is InChI=1S/C15H30O3/c1-2-3-4-5-6-7-8-9-10-11-12-18-14-15(17)13-16/h11-12,15-17H,2-10,13-14H2,1H3/b12-11+. The van der Waals surface area contributed by atoms with Crippen LogP contribution in [0.2, 0.25) is 0 Å². The monoisotopic (exact) mass is 258 g/mol. The molecule has 0 aromatic rings. The van der Waals surface area contributed by atoms with Crippen molar-refractivity contribution < 1.29 is 14.9 Å². The van der Waals surface area contributed by atoms with Crippen molar-refractivity contribution in [1.82, 2.24) is 0 Å². The Morgan fingerprint density at radius 1 is 1.00 bits per heavy atom. The summed E-state index contributed by atoms with van der Waals surface area (Å²) in [7, 11) is 0. The molecule has 0 fully saturated rings. The molecule has 0 saturated carbocycles. The van der Waals surface area contributed by atoms with E-state index in [4.69, 9.17) is 14.9 Å². The Balaban J connectivity index is 3.08. The van der Waals surface area contributed by atoms with Crippen LogP contribution in [0.5, 0.6) is 0 Å². The van der Waals surface area contributed by atoms with E-state index >= 15 is 0 Å². The zero-order valence-electron chi connectivity index (χ0n) is 11.8. The third-order valence-electron chi connectivity index (χ3n) is 2.92. The van der Waals surface area contributed by atoms with Gasteiger partial charge in [-0.05, 0) is 18.9 Å². The average Bonchev–Trinajstić information content (AvgIpc) is 2.39. The summed E-state index contributed by atoms with van der Waals surface area (Å²) in [4.78, 5) is 0. The zero-order chi connectivity index (χ0) is 13.5. The molecule has 18 heavy (non-hydrogen) atoms. The zero-order valence-corrected chi connectivity index (χ0v) is 11.8. The van der Waals surface area contributed by atoms with E-state index in [1.165, 1.54) is 51.4 Å². The number of hydrogen-bond donors (Lipinski definition) is 2. The molecule has 0 bridgehead atoms. The predicted octanol–water partition coefficient (Wildman–Crippen LogP) is 3.40. The first-order valence-electron chi connectivity index (χ1n) is 7.36. The maximum atomic E-state index is 9.01. The Bertz CT molecular complexity index is 181. The Kier molecular flexibility index (Phi) is 14.1. The second-order valence-corrected chi connectivity index (χ2v) is 4.81. The SMILES string of the molecule is CCCCCCCCCC/C=C/OCC(O)CO. The summed E-state index contributed by atoms with van der Waals surface area (Å²) < 4.78 is 5.07. The third kappa shape index (κ3) is 13.5. The van der Waals surface area contributed by atoms with Crippen LogP contribution in [0.4, 0.5) is 0 Å². The molecule has 0 aromatic heterocycles. The topological polar surface area (TPSA) is 49.7 Å². The van der Waals surface area contributed by atoms with E-state index in [0.717, 1.165) is 6.42 Å². The molecule has 3 nitrogen and oxygen atoms in total. The molecule has 1 atom stereocenters.